The Morgan fingerprint density at radius 2 is 1.83 bits per heavy atom. The average molecular weight is 372 g/mol. The molecule has 5 rings (SSSR count). The summed E-state index contributed by atoms with van der Waals surface area (Å²) < 4.78 is 1.11. The Balaban J connectivity index is 1.78. The summed E-state index contributed by atoms with van der Waals surface area (Å²) in [7, 11) is 0. The number of nitrogens with zero attached hydrogens (tertiary/aromatic N) is 1. The van der Waals surface area contributed by atoms with Crippen LogP contribution in [-0.2, 0) is 4.79 Å². The van der Waals surface area contributed by atoms with E-state index in [-0.39, 0.29) is 11.8 Å². The Morgan fingerprint density at radius 3 is 2.61 bits per heavy atom. The lowest BCUT2D eigenvalue weighted by molar-refractivity contribution is -0.140. The van der Waals surface area contributed by atoms with Crippen molar-refractivity contribution in [2.45, 2.75) is 30.7 Å². The Morgan fingerprint density at radius 1 is 1.13 bits per heavy atom. The minimum Gasteiger partial charge on any atom is -0.480 e. The lowest BCUT2D eigenvalue weighted by atomic mass is 9.72. The maximum absolute atomic E-state index is 12.1. The van der Waals surface area contributed by atoms with Gasteiger partial charge in [0, 0.05) is 34.5 Å². The molecule has 0 aromatic heterocycles. The number of allylic oxidation sites excluding steroid dienone is 4. The molecular formula is C19H18BrNO2. The molecule has 0 unspecified atom stereocenters. The van der Waals surface area contributed by atoms with Crippen LogP contribution in [-0.4, -0.2) is 23.7 Å². The number of fused-ring (bicyclic) bond motifs is 4. The Labute approximate surface area is 143 Å². The molecule has 118 valence electrons. The molecule has 4 aliphatic rings. The molecule has 0 spiro atoms. The smallest absolute Gasteiger partial charge is 0.326 e. The minimum absolute atomic E-state index is 0.160. The maximum Gasteiger partial charge on any atom is 0.326 e. The number of hydrogen-bond donors (Lipinski definition) is 1. The summed E-state index contributed by atoms with van der Waals surface area (Å²) in [6.45, 7) is 0.861. The van der Waals surface area contributed by atoms with Crippen molar-refractivity contribution in [2.75, 3.05) is 11.4 Å². The Bertz CT molecular complexity index is 752. The van der Waals surface area contributed by atoms with E-state index in [1.54, 1.807) is 0 Å². The number of hydrogen-bond acceptors (Lipinski definition) is 2. The van der Waals surface area contributed by atoms with Gasteiger partial charge >= 0.3 is 5.97 Å². The van der Waals surface area contributed by atoms with Gasteiger partial charge in [-0.2, -0.15) is 0 Å². The molecule has 4 heteroatoms. The highest BCUT2D eigenvalue weighted by molar-refractivity contribution is 9.10. The van der Waals surface area contributed by atoms with Crippen molar-refractivity contribution in [2.24, 2.45) is 11.8 Å². The van der Waals surface area contributed by atoms with Crippen LogP contribution in [0.25, 0.3) is 0 Å². The molecule has 0 amide bonds. The van der Waals surface area contributed by atoms with Crippen LogP contribution in [0, 0.1) is 11.8 Å². The normalized spacial score (nSPS) is 35.9. The monoisotopic (exact) mass is 371 g/mol. The summed E-state index contributed by atoms with van der Waals surface area (Å²) in [5, 5.41) is 9.93. The molecule has 23 heavy (non-hydrogen) atoms. The van der Waals surface area contributed by atoms with E-state index in [4.69, 9.17) is 0 Å². The van der Waals surface area contributed by atoms with Gasteiger partial charge in [0.1, 0.15) is 6.04 Å². The van der Waals surface area contributed by atoms with Crippen LogP contribution in [0.3, 0.4) is 0 Å². The number of anilines is 1. The van der Waals surface area contributed by atoms with Crippen molar-refractivity contribution >= 4 is 27.6 Å². The largest absolute Gasteiger partial charge is 0.480 e. The second kappa shape index (κ2) is 4.73. The zero-order chi connectivity index (χ0) is 15.7. The second-order valence-electron chi connectivity index (χ2n) is 7.17. The van der Waals surface area contributed by atoms with Gasteiger partial charge in [0.15, 0.2) is 0 Å². The molecule has 0 saturated heterocycles. The van der Waals surface area contributed by atoms with Crippen LogP contribution in [0.15, 0.2) is 40.9 Å². The molecular weight excluding hydrogens is 354 g/mol. The van der Waals surface area contributed by atoms with Crippen LogP contribution in [0.5, 0.6) is 0 Å². The van der Waals surface area contributed by atoms with Crippen LogP contribution in [0.2, 0.25) is 0 Å². The highest BCUT2D eigenvalue weighted by atomic mass is 79.9. The third kappa shape index (κ3) is 1.78. The van der Waals surface area contributed by atoms with Gasteiger partial charge in [0.05, 0.1) is 0 Å². The van der Waals surface area contributed by atoms with Crippen molar-refractivity contribution in [3.63, 3.8) is 0 Å². The van der Waals surface area contributed by atoms with Gasteiger partial charge in [-0.3, -0.25) is 0 Å². The molecule has 2 heterocycles. The van der Waals surface area contributed by atoms with E-state index in [0.717, 1.165) is 23.9 Å². The van der Waals surface area contributed by atoms with E-state index >= 15 is 0 Å². The van der Waals surface area contributed by atoms with Crippen molar-refractivity contribution in [1.29, 1.82) is 0 Å². The SMILES string of the molecule is O=C(O)[C@@H]1[C@H]2CC=C[C@@H]2c2cc(Br)cc3c2N1C[C@H]1CC=C[C@@H]31. The topological polar surface area (TPSA) is 40.5 Å². The third-order valence-electron chi connectivity index (χ3n) is 6.07. The van der Waals surface area contributed by atoms with Gasteiger partial charge in [0.25, 0.3) is 0 Å². The number of carboxylic acids is 1. The molecule has 1 aromatic carbocycles. The van der Waals surface area contributed by atoms with Crippen molar-refractivity contribution in [3.05, 3.63) is 52.0 Å². The molecule has 0 saturated carbocycles. The van der Waals surface area contributed by atoms with Gasteiger partial charge in [-0.05, 0) is 42.0 Å². The lowest BCUT2D eigenvalue weighted by Crippen LogP contribution is -2.54. The molecule has 2 aliphatic heterocycles. The predicted molar refractivity (Wildman–Crippen MR) is 92.9 cm³/mol. The quantitative estimate of drug-likeness (QED) is 0.756. The fourth-order valence-electron chi connectivity index (χ4n) is 5.21. The number of carboxylic acid groups (broad SMARTS) is 1. The first kappa shape index (κ1) is 13.8. The second-order valence-corrected chi connectivity index (χ2v) is 8.09. The summed E-state index contributed by atoms with van der Waals surface area (Å²) in [5.74, 6) is 0.674. The van der Waals surface area contributed by atoms with E-state index in [1.165, 1.54) is 16.8 Å². The van der Waals surface area contributed by atoms with Gasteiger partial charge < -0.3 is 10.0 Å². The fraction of sp³-hybridized carbons (Fsp3) is 0.421. The number of benzene rings is 1. The van der Waals surface area contributed by atoms with E-state index in [2.05, 4.69) is 57.3 Å². The van der Waals surface area contributed by atoms with Crippen molar-refractivity contribution < 1.29 is 9.90 Å². The molecule has 5 atom stereocenters. The number of aliphatic carboxylic acids is 1. The van der Waals surface area contributed by atoms with Gasteiger partial charge in [-0.25, -0.2) is 4.79 Å². The Hall–Kier alpha value is -1.55. The fourth-order valence-corrected chi connectivity index (χ4v) is 5.70. The predicted octanol–water partition coefficient (Wildman–Crippen LogP) is 4.06. The van der Waals surface area contributed by atoms with E-state index < -0.39 is 12.0 Å². The zero-order valence-electron chi connectivity index (χ0n) is 12.7. The van der Waals surface area contributed by atoms with Crippen molar-refractivity contribution in [3.8, 4) is 0 Å². The average Bonchev–Trinajstić information content (AvgIpc) is 3.15. The van der Waals surface area contributed by atoms with Crippen LogP contribution in [0.4, 0.5) is 5.69 Å². The van der Waals surface area contributed by atoms with E-state index in [9.17, 15) is 9.90 Å². The third-order valence-corrected chi connectivity index (χ3v) is 6.53. The zero-order valence-corrected chi connectivity index (χ0v) is 14.2. The summed E-state index contributed by atoms with van der Waals surface area (Å²) in [5.41, 5.74) is 3.81. The summed E-state index contributed by atoms with van der Waals surface area (Å²) in [4.78, 5) is 14.3. The molecule has 0 bridgehead atoms. The van der Waals surface area contributed by atoms with Crippen LogP contribution < -0.4 is 4.90 Å². The van der Waals surface area contributed by atoms with Crippen LogP contribution in [0.1, 0.15) is 35.8 Å². The molecule has 0 radical (unpaired) electrons. The highest BCUT2D eigenvalue weighted by Gasteiger charge is 2.49. The number of carbonyl (C=O) groups is 1. The maximum atomic E-state index is 12.1. The Kier molecular flexibility index (Phi) is 2.85. The lowest BCUT2D eigenvalue weighted by Gasteiger charge is -2.49. The van der Waals surface area contributed by atoms with Crippen LogP contribution >= 0.6 is 15.9 Å². The minimum atomic E-state index is -0.673. The summed E-state index contributed by atoms with van der Waals surface area (Å²) in [6, 6.07) is 4.01. The molecule has 1 aromatic rings. The highest BCUT2D eigenvalue weighted by Crippen LogP contribution is 2.55. The van der Waals surface area contributed by atoms with Crippen molar-refractivity contribution in [1.82, 2.24) is 0 Å². The van der Waals surface area contributed by atoms with E-state index in [0.29, 0.717) is 11.8 Å². The summed E-state index contributed by atoms with van der Waals surface area (Å²) >= 11 is 3.68. The van der Waals surface area contributed by atoms with Gasteiger partial charge in [-0.1, -0.05) is 40.2 Å². The molecule has 3 nitrogen and oxygen atoms in total. The van der Waals surface area contributed by atoms with Gasteiger partial charge in [-0.15, -0.1) is 0 Å². The molecule has 1 N–H and O–H groups in total. The first-order chi connectivity index (χ1) is 11.1. The first-order valence-corrected chi connectivity index (χ1v) is 9.10. The molecule has 0 fully saturated rings. The van der Waals surface area contributed by atoms with E-state index in [1.807, 2.05) is 0 Å². The number of rotatable bonds is 1. The summed E-state index contributed by atoms with van der Waals surface area (Å²) in [6.07, 6.45) is 10.9. The van der Waals surface area contributed by atoms with Gasteiger partial charge in [0.2, 0.25) is 0 Å². The molecule has 2 aliphatic carbocycles. The number of halogens is 1. The standard InChI is InChI=1S/C19H18BrNO2/c20-11-7-15-12-4-1-3-10(12)9-21-17(15)16(8-11)13-5-2-6-14(13)18(21)19(22)23/h1-2,4-5,7-8,10,12-14,18H,3,6,9H2,(H,22,23)/t10-,12-,13+,14+,18+/m1/s1. The first-order valence-electron chi connectivity index (χ1n) is 8.31.